The van der Waals surface area contributed by atoms with Crippen LogP contribution in [0.1, 0.15) is 43.5 Å². The lowest BCUT2D eigenvalue weighted by Crippen LogP contribution is -2.38. The van der Waals surface area contributed by atoms with E-state index in [9.17, 15) is 9.59 Å². The number of nitrogens with zero attached hydrogens (tertiary/aromatic N) is 1. The predicted molar refractivity (Wildman–Crippen MR) is 85.6 cm³/mol. The van der Waals surface area contributed by atoms with Crippen molar-refractivity contribution in [2.45, 2.75) is 33.1 Å². The van der Waals surface area contributed by atoms with Gasteiger partial charge in [-0.2, -0.15) is 0 Å². The molecule has 0 saturated carbocycles. The molecule has 0 heterocycles. The van der Waals surface area contributed by atoms with Crippen LogP contribution in [0.25, 0.3) is 0 Å². The summed E-state index contributed by atoms with van der Waals surface area (Å²) in [4.78, 5) is 25.2. The highest BCUT2D eigenvalue weighted by atomic mass is 35.5. The Morgan fingerprint density at radius 3 is 2.62 bits per heavy atom. The average molecular weight is 311 g/mol. The number of amides is 2. The van der Waals surface area contributed by atoms with E-state index in [-0.39, 0.29) is 11.8 Å². The number of unbranched alkanes of at least 4 members (excludes halogenated alkanes) is 2. The van der Waals surface area contributed by atoms with E-state index in [0.29, 0.717) is 23.7 Å². The fourth-order valence-electron chi connectivity index (χ4n) is 2.02. The van der Waals surface area contributed by atoms with Crippen LogP contribution < -0.4 is 5.32 Å². The fraction of sp³-hybridized carbons (Fsp3) is 0.500. The summed E-state index contributed by atoms with van der Waals surface area (Å²) in [5, 5.41) is 3.35. The minimum Gasteiger partial charge on any atom is -0.350 e. The average Bonchev–Trinajstić information content (AvgIpc) is 2.45. The lowest BCUT2D eigenvalue weighted by molar-refractivity contribution is -0.128. The van der Waals surface area contributed by atoms with Crippen LogP contribution in [-0.2, 0) is 4.79 Å². The summed E-state index contributed by atoms with van der Waals surface area (Å²) in [6.45, 7) is 5.41. The van der Waals surface area contributed by atoms with Crippen molar-refractivity contribution in [3.8, 4) is 0 Å². The van der Waals surface area contributed by atoms with Gasteiger partial charge in [-0.25, -0.2) is 0 Å². The molecule has 1 aromatic rings. The second kappa shape index (κ2) is 9.40. The van der Waals surface area contributed by atoms with Crippen LogP contribution in [0, 0.1) is 0 Å². The molecular formula is C16H23ClN2O2. The van der Waals surface area contributed by atoms with E-state index in [4.69, 9.17) is 11.6 Å². The highest BCUT2D eigenvalue weighted by molar-refractivity contribution is 6.30. The quantitative estimate of drug-likeness (QED) is 0.750. The van der Waals surface area contributed by atoms with Crippen molar-refractivity contribution in [3.63, 3.8) is 0 Å². The lowest BCUT2D eigenvalue weighted by Gasteiger charge is -2.21. The Hall–Kier alpha value is -1.55. The third-order valence-corrected chi connectivity index (χ3v) is 3.47. The molecule has 21 heavy (non-hydrogen) atoms. The van der Waals surface area contributed by atoms with Gasteiger partial charge >= 0.3 is 0 Å². The molecule has 0 spiro atoms. The maximum absolute atomic E-state index is 11.9. The van der Waals surface area contributed by atoms with Gasteiger partial charge in [0, 0.05) is 37.1 Å². The normalized spacial score (nSPS) is 10.2. The molecule has 0 aliphatic heterocycles. The largest absolute Gasteiger partial charge is 0.350 e. The Bertz CT molecular complexity index is 477. The van der Waals surface area contributed by atoms with E-state index >= 15 is 0 Å². The number of carbonyl (C=O) groups is 2. The summed E-state index contributed by atoms with van der Waals surface area (Å²) in [5.41, 5.74) is 0.530. The molecule has 0 aliphatic rings. The molecule has 0 fully saturated rings. The number of nitrogens with one attached hydrogen (secondary N) is 1. The fourth-order valence-corrected chi connectivity index (χ4v) is 2.21. The molecule has 0 radical (unpaired) electrons. The topological polar surface area (TPSA) is 49.4 Å². The van der Waals surface area contributed by atoms with Gasteiger partial charge in [0.15, 0.2) is 0 Å². The first kappa shape index (κ1) is 17.5. The van der Waals surface area contributed by atoms with Crippen LogP contribution in [0.15, 0.2) is 24.3 Å². The van der Waals surface area contributed by atoms with Crippen molar-refractivity contribution < 1.29 is 9.59 Å². The Morgan fingerprint density at radius 2 is 2.00 bits per heavy atom. The molecule has 1 N–H and O–H groups in total. The molecule has 1 aromatic carbocycles. The second-order valence-electron chi connectivity index (χ2n) is 4.98. The zero-order valence-corrected chi connectivity index (χ0v) is 13.4. The molecule has 0 atom stereocenters. The van der Waals surface area contributed by atoms with E-state index in [2.05, 4.69) is 12.2 Å². The van der Waals surface area contributed by atoms with Gasteiger partial charge in [-0.1, -0.05) is 37.4 Å². The van der Waals surface area contributed by atoms with Crippen molar-refractivity contribution in [1.29, 1.82) is 0 Å². The number of benzene rings is 1. The van der Waals surface area contributed by atoms with Gasteiger partial charge in [-0.15, -0.1) is 0 Å². The zero-order chi connectivity index (χ0) is 15.7. The standard InChI is InChI=1S/C16H23ClN2O2/c1-3-4-5-10-19(13(2)20)11-9-18-16(21)14-7-6-8-15(17)12-14/h6-8,12H,3-5,9-11H2,1-2H3,(H,18,21). The first-order valence-corrected chi connectivity index (χ1v) is 7.71. The van der Waals surface area contributed by atoms with Crippen LogP contribution in [0.5, 0.6) is 0 Å². The van der Waals surface area contributed by atoms with Crippen molar-refractivity contribution in [2.75, 3.05) is 19.6 Å². The number of hydrogen-bond acceptors (Lipinski definition) is 2. The van der Waals surface area contributed by atoms with Crippen molar-refractivity contribution >= 4 is 23.4 Å². The molecule has 0 aliphatic carbocycles. The first-order chi connectivity index (χ1) is 10.0. The highest BCUT2D eigenvalue weighted by Gasteiger charge is 2.09. The summed E-state index contributed by atoms with van der Waals surface area (Å²) in [6.07, 6.45) is 3.23. The van der Waals surface area contributed by atoms with E-state index in [1.807, 2.05) is 0 Å². The molecule has 1 rings (SSSR count). The van der Waals surface area contributed by atoms with E-state index in [1.54, 1.807) is 36.1 Å². The van der Waals surface area contributed by atoms with Gasteiger partial charge in [0.05, 0.1) is 0 Å². The Balaban J connectivity index is 2.39. The van der Waals surface area contributed by atoms with Crippen LogP contribution in [0.3, 0.4) is 0 Å². The number of hydrogen-bond donors (Lipinski definition) is 1. The summed E-state index contributed by atoms with van der Waals surface area (Å²) < 4.78 is 0. The number of carbonyl (C=O) groups excluding carboxylic acids is 2. The molecular weight excluding hydrogens is 288 g/mol. The van der Waals surface area contributed by atoms with Crippen LogP contribution >= 0.6 is 11.6 Å². The smallest absolute Gasteiger partial charge is 0.251 e. The SMILES string of the molecule is CCCCCN(CCNC(=O)c1cccc(Cl)c1)C(C)=O. The van der Waals surface area contributed by atoms with Gasteiger partial charge in [0.1, 0.15) is 0 Å². The molecule has 4 nitrogen and oxygen atoms in total. The Morgan fingerprint density at radius 1 is 1.24 bits per heavy atom. The first-order valence-electron chi connectivity index (χ1n) is 7.34. The minimum atomic E-state index is -0.172. The van der Waals surface area contributed by atoms with E-state index in [0.717, 1.165) is 25.8 Å². The highest BCUT2D eigenvalue weighted by Crippen LogP contribution is 2.10. The predicted octanol–water partition coefficient (Wildman–Crippen LogP) is 3.11. The molecule has 2 amide bonds. The zero-order valence-electron chi connectivity index (χ0n) is 12.7. The van der Waals surface area contributed by atoms with Gasteiger partial charge in [0.25, 0.3) is 5.91 Å². The molecule has 0 bridgehead atoms. The van der Waals surface area contributed by atoms with Gasteiger partial charge in [-0.3, -0.25) is 9.59 Å². The van der Waals surface area contributed by atoms with Gasteiger partial charge < -0.3 is 10.2 Å². The molecule has 5 heteroatoms. The van der Waals surface area contributed by atoms with Gasteiger partial charge in [-0.05, 0) is 24.6 Å². The summed E-state index contributed by atoms with van der Waals surface area (Å²) >= 11 is 5.85. The minimum absolute atomic E-state index is 0.0445. The number of halogens is 1. The molecule has 0 aromatic heterocycles. The summed E-state index contributed by atoms with van der Waals surface area (Å²) in [7, 11) is 0. The van der Waals surface area contributed by atoms with Crippen molar-refractivity contribution in [3.05, 3.63) is 34.9 Å². The Labute approximate surface area is 131 Å². The second-order valence-corrected chi connectivity index (χ2v) is 5.42. The maximum Gasteiger partial charge on any atom is 0.251 e. The Kier molecular flexibility index (Phi) is 7.83. The molecule has 116 valence electrons. The van der Waals surface area contributed by atoms with E-state index in [1.165, 1.54) is 0 Å². The molecule has 0 unspecified atom stereocenters. The third kappa shape index (κ3) is 6.63. The van der Waals surface area contributed by atoms with Crippen LogP contribution in [-0.4, -0.2) is 36.3 Å². The van der Waals surface area contributed by atoms with Gasteiger partial charge in [0.2, 0.25) is 5.91 Å². The monoisotopic (exact) mass is 310 g/mol. The van der Waals surface area contributed by atoms with E-state index < -0.39 is 0 Å². The third-order valence-electron chi connectivity index (χ3n) is 3.23. The molecule has 0 saturated heterocycles. The summed E-state index contributed by atoms with van der Waals surface area (Å²) in [5.74, 6) is -0.127. The van der Waals surface area contributed by atoms with Crippen molar-refractivity contribution in [2.24, 2.45) is 0 Å². The lowest BCUT2D eigenvalue weighted by atomic mass is 10.2. The van der Waals surface area contributed by atoms with Crippen LogP contribution in [0.2, 0.25) is 5.02 Å². The number of rotatable bonds is 8. The maximum atomic E-state index is 11.9. The summed E-state index contributed by atoms with van der Waals surface area (Å²) in [6, 6.07) is 6.81. The van der Waals surface area contributed by atoms with Crippen LogP contribution in [0.4, 0.5) is 0 Å². The van der Waals surface area contributed by atoms with Crippen molar-refractivity contribution in [1.82, 2.24) is 10.2 Å².